The quantitative estimate of drug-likeness (QED) is 0.758. The van der Waals surface area contributed by atoms with Gasteiger partial charge in [-0.2, -0.15) is 0 Å². The molecule has 0 saturated heterocycles. The number of benzene rings is 1. The molecule has 1 aromatic rings. The fraction of sp³-hybridized carbons (Fsp3) is 0.385. The van der Waals surface area contributed by atoms with Crippen molar-refractivity contribution in [2.24, 2.45) is 5.73 Å². The van der Waals surface area contributed by atoms with Crippen molar-refractivity contribution in [1.82, 2.24) is 0 Å². The summed E-state index contributed by atoms with van der Waals surface area (Å²) in [6.45, 7) is 4.95. The summed E-state index contributed by atoms with van der Waals surface area (Å²) in [6, 6.07) is 6.13. The molecule has 2 nitrogen and oxygen atoms in total. The Hall–Kier alpha value is -1.46. The van der Waals surface area contributed by atoms with Crippen LogP contribution in [0, 0.1) is 18.8 Å². The minimum absolute atomic E-state index is 0.442. The van der Waals surface area contributed by atoms with E-state index in [-0.39, 0.29) is 0 Å². The highest BCUT2D eigenvalue weighted by Crippen LogP contribution is 2.20. The maximum absolute atomic E-state index is 5.56. The molecule has 0 saturated carbocycles. The molecule has 0 spiro atoms. The van der Waals surface area contributed by atoms with E-state index >= 15 is 0 Å². The van der Waals surface area contributed by atoms with Crippen LogP contribution >= 0.6 is 0 Å². The predicted molar refractivity (Wildman–Crippen MR) is 62.9 cm³/mol. The van der Waals surface area contributed by atoms with Gasteiger partial charge < -0.3 is 10.5 Å². The van der Waals surface area contributed by atoms with E-state index in [1.54, 1.807) is 6.92 Å². The van der Waals surface area contributed by atoms with E-state index in [0.29, 0.717) is 13.2 Å². The first kappa shape index (κ1) is 11.6. The molecule has 1 aromatic carbocycles. The van der Waals surface area contributed by atoms with Gasteiger partial charge in [0.25, 0.3) is 0 Å². The van der Waals surface area contributed by atoms with E-state index < -0.39 is 0 Å². The molecule has 0 heterocycles. The third-order valence-corrected chi connectivity index (χ3v) is 2.11. The predicted octanol–water partition coefficient (Wildman–Crippen LogP) is 1.90. The maximum Gasteiger partial charge on any atom is 0.149 e. The second kappa shape index (κ2) is 6.10. The smallest absolute Gasteiger partial charge is 0.149 e. The molecule has 0 radical (unpaired) electrons. The topological polar surface area (TPSA) is 35.2 Å². The van der Waals surface area contributed by atoms with Crippen molar-refractivity contribution < 1.29 is 4.74 Å². The number of hydrogen-bond donors (Lipinski definition) is 1. The lowest BCUT2D eigenvalue weighted by atomic mass is 10.1. The molecular formula is C13H17NO. The van der Waals surface area contributed by atoms with E-state index in [2.05, 4.69) is 24.8 Å². The Kier molecular flexibility index (Phi) is 4.73. The van der Waals surface area contributed by atoms with Gasteiger partial charge in [-0.05, 0) is 38.4 Å². The average molecular weight is 203 g/mol. The molecular weight excluding hydrogens is 186 g/mol. The number of ether oxygens (including phenoxy) is 1. The number of hydrogen-bond acceptors (Lipinski definition) is 2. The third kappa shape index (κ3) is 3.65. The van der Waals surface area contributed by atoms with Crippen LogP contribution in [0.15, 0.2) is 18.2 Å². The zero-order valence-electron chi connectivity index (χ0n) is 9.34. The van der Waals surface area contributed by atoms with Crippen molar-refractivity contribution in [2.75, 3.05) is 13.2 Å². The van der Waals surface area contributed by atoms with Crippen molar-refractivity contribution in [3.05, 3.63) is 29.3 Å². The molecule has 80 valence electrons. The van der Waals surface area contributed by atoms with Gasteiger partial charge in [-0.3, -0.25) is 0 Å². The molecule has 15 heavy (non-hydrogen) atoms. The lowest BCUT2D eigenvalue weighted by Crippen LogP contribution is -2.05. The zero-order chi connectivity index (χ0) is 11.1. The first-order valence-electron chi connectivity index (χ1n) is 5.10. The van der Waals surface area contributed by atoms with E-state index in [0.717, 1.165) is 17.7 Å². The zero-order valence-corrected chi connectivity index (χ0v) is 9.34. The molecule has 0 fully saturated rings. The molecule has 0 atom stereocenters. The summed E-state index contributed by atoms with van der Waals surface area (Å²) in [5.41, 5.74) is 7.94. The first-order valence-corrected chi connectivity index (χ1v) is 5.10. The highest BCUT2D eigenvalue weighted by molar-refractivity contribution is 5.37. The Bertz CT molecular complexity index is 374. The van der Waals surface area contributed by atoms with Crippen LogP contribution < -0.4 is 10.5 Å². The van der Waals surface area contributed by atoms with Crippen molar-refractivity contribution in [3.8, 4) is 17.6 Å². The fourth-order valence-electron chi connectivity index (χ4n) is 1.39. The average Bonchev–Trinajstić information content (AvgIpc) is 2.22. The molecule has 2 N–H and O–H groups in total. The van der Waals surface area contributed by atoms with Crippen LogP contribution in [0.5, 0.6) is 5.75 Å². The molecule has 0 bridgehead atoms. The highest BCUT2D eigenvalue weighted by atomic mass is 16.5. The van der Waals surface area contributed by atoms with Gasteiger partial charge in [-0.1, -0.05) is 23.6 Å². The van der Waals surface area contributed by atoms with Gasteiger partial charge in [0.1, 0.15) is 12.4 Å². The van der Waals surface area contributed by atoms with Crippen LogP contribution in [-0.2, 0) is 6.42 Å². The van der Waals surface area contributed by atoms with Gasteiger partial charge in [-0.15, -0.1) is 5.92 Å². The van der Waals surface area contributed by atoms with Gasteiger partial charge in [0, 0.05) is 0 Å². The lowest BCUT2D eigenvalue weighted by molar-refractivity contribution is 0.366. The third-order valence-electron chi connectivity index (χ3n) is 2.11. The van der Waals surface area contributed by atoms with E-state index in [9.17, 15) is 0 Å². The summed E-state index contributed by atoms with van der Waals surface area (Å²) in [5.74, 6) is 6.58. The van der Waals surface area contributed by atoms with Crippen LogP contribution in [0.2, 0.25) is 0 Å². The Morgan fingerprint density at radius 2 is 2.20 bits per heavy atom. The summed E-state index contributed by atoms with van der Waals surface area (Å²) in [7, 11) is 0. The van der Waals surface area contributed by atoms with Crippen LogP contribution in [0.4, 0.5) is 0 Å². The van der Waals surface area contributed by atoms with Crippen LogP contribution in [0.25, 0.3) is 0 Å². The molecule has 0 aliphatic carbocycles. The minimum atomic E-state index is 0.442. The molecule has 0 aliphatic rings. The second-order valence-corrected chi connectivity index (χ2v) is 3.37. The first-order chi connectivity index (χ1) is 7.27. The van der Waals surface area contributed by atoms with Crippen molar-refractivity contribution in [3.63, 3.8) is 0 Å². The molecule has 2 heteroatoms. The second-order valence-electron chi connectivity index (χ2n) is 3.37. The summed E-state index contributed by atoms with van der Waals surface area (Å²) in [5, 5.41) is 0. The summed E-state index contributed by atoms with van der Waals surface area (Å²) < 4.78 is 5.56. The summed E-state index contributed by atoms with van der Waals surface area (Å²) in [4.78, 5) is 0. The van der Waals surface area contributed by atoms with Crippen LogP contribution in [0.3, 0.4) is 0 Å². The van der Waals surface area contributed by atoms with Crippen molar-refractivity contribution in [2.45, 2.75) is 20.3 Å². The van der Waals surface area contributed by atoms with Gasteiger partial charge >= 0.3 is 0 Å². The minimum Gasteiger partial charge on any atom is -0.481 e. The SMILES string of the molecule is CC#CCOc1ccc(C)cc1CCN. The standard InChI is InChI=1S/C13H17NO/c1-3-4-9-15-13-6-5-11(2)10-12(13)7-8-14/h5-6,10H,7-9,14H2,1-2H3. The summed E-state index contributed by atoms with van der Waals surface area (Å²) in [6.07, 6.45) is 0.844. The van der Waals surface area contributed by atoms with Crippen LogP contribution in [0.1, 0.15) is 18.1 Å². The summed E-state index contributed by atoms with van der Waals surface area (Å²) >= 11 is 0. The van der Waals surface area contributed by atoms with Gasteiger partial charge in [0.2, 0.25) is 0 Å². The van der Waals surface area contributed by atoms with E-state index in [1.807, 2.05) is 12.1 Å². The maximum atomic E-state index is 5.56. The number of aryl methyl sites for hydroxylation is 1. The van der Waals surface area contributed by atoms with Crippen LogP contribution in [-0.4, -0.2) is 13.2 Å². The van der Waals surface area contributed by atoms with Gasteiger partial charge in [0.15, 0.2) is 0 Å². The Morgan fingerprint density at radius 1 is 1.40 bits per heavy atom. The van der Waals surface area contributed by atoms with Crippen molar-refractivity contribution >= 4 is 0 Å². The molecule has 1 rings (SSSR count). The van der Waals surface area contributed by atoms with E-state index in [1.165, 1.54) is 5.56 Å². The number of rotatable bonds is 4. The highest BCUT2D eigenvalue weighted by Gasteiger charge is 2.02. The van der Waals surface area contributed by atoms with E-state index in [4.69, 9.17) is 10.5 Å². The monoisotopic (exact) mass is 203 g/mol. The van der Waals surface area contributed by atoms with Gasteiger partial charge in [-0.25, -0.2) is 0 Å². The fourth-order valence-corrected chi connectivity index (χ4v) is 1.39. The Labute approximate surface area is 91.4 Å². The molecule has 0 unspecified atom stereocenters. The normalized spacial score (nSPS) is 9.27. The lowest BCUT2D eigenvalue weighted by Gasteiger charge is -2.09. The van der Waals surface area contributed by atoms with Crippen molar-refractivity contribution in [1.29, 1.82) is 0 Å². The molecule has 0 amide bonds. The Balaban J connectivity index is 2.78. The van der Waals surface area contributed by atoms with Gasteiger partial charge in [0.05, 0.1) is 0 Å². The number of nitrogens with two attached hydrogens (primary N) is 1. The molecule has 0 aromatic heterocycles. The molecule has 0 aliphatic heterocycles. The largest absolute Gasteiger partial charge is 0.481 e. The Morgan fingerprint density at radius 3 is 2.87 bits per heavy atom.